The molecule has 0 radical (unpaired) electrons. The smallest absolute Gasteiger partial charge is 0.354 e. The van der Waals surface area contributed by atoms with Gasteiger partial charge in [-0.3, -0.25) is 19.6 Å². The minimum absolute atomic E-state index is 0.000871. The van der Waals surface area contributed by atoms with Gasteiger partial charge in [-0.15, -0.1) is 0 Å². The number of nitrogens with one attached hydrogen (secondary N) is 2. The zero-order valence-electron chi connectivity index (χ0n) is 16.6. The molecule has 158 valence electrons. The summed E-state index contributed by atoms with van der Waals surface area (Å²) >= 11 is 0. The highest BCUT2D eigenvalue weighted by atomic mass is 19.4. The number of nitrogens with zero attached hydrogens (tertiary/aromatic N) is 5. The Morgan fingerprint density at radius 2 is 2.03 bits per heavy atom. The average molecular weight is 409 g/mol. The standard InChI is InChI=1S/C19H26F3N7/c1-23-18(25-11-14-12-28(2)27-17(14)19(20,21)22)26-15-6-9-29(10-7-15)13-16-5-3-4-8-24-16/h3-5,8,12,15H,6-7,9-11,13H2,1-2H3,(H2,23,25,26). The number of halogens is 3. The molecule has 7 nitrogen and oxygen atoms in total. The summed E-state index contributed by atoms with van der Waals surface area (Å²) in [6.45, 7) is 2.67. The molecule has 3 rings (SSSR count). The first kappa shape index (κ1) is 21.1. The number of pyridine rings is 1. The topological polar surface area (TPSA) is 70.4 Å². The number of alkyl halides is 3. The van der Waals surface area contributed by atoms with E-state index in [0.29, 0.717) is 5.96 Å². The molecule has 1 fully saturated rings. The molecule has 2 aromatic heterocycles. The Balaban J connectivity index is 1.48. The van der Waals surface area contributed by atoms with Crippen molar-refractivity contribution in [3.63, 3.8) is 0 Å². The van der Waals surface area contributed by atoms with Gasteiger partial charge in [-0.1, -0.05) is 6.07 Å². The van der Waals surface area contributed by atoms with Crippen molar-refractivity contribution in [1.82, 2.24) is 30.3 Å². The lowest BCUT2D eigenvalue weighted by Gasteiger charge is -2.32. The number of guanidine groups is 1. The van der Waals surface area contributed by atoms with Gasteiger partial charge in [0.25, 0.3) is 0 Å². The molecule has 0 aliphatic carbocycles. The maximum atomic E-state index is 13.1. The van der Waals surface area contributed by atoms with Crippen LogP contribution in [0.5, 0.6) is 0 Å². The van der Waals surface area contributed by atoms with E-state index in [1.54, 1.807) is 13.2 Å². The molecule has 0 atom stereocenters. The lowest BCUT2D eigenvalue weighted by Crippen LogP contribution is -2.48. The van der Waals surface area contributed by atoms with Gasteiger partial charge in [-0.2, -0.15) is 18.3 Å². The molecule has 0 spiro atoms. The molecule has 1 aliphatic rings. The van der Waals surface area contributed by atoms with E-state index in [4.69, 9.17) is 0 Å². The first-order valence-corrected chi connectivity index (χ1v) is 9.54. The molecular weight excluding hydrogens is 383 g/mol. The van der Waals surface area contributed by atoms with E-state index in [2.05, 4.69) is 30.6 Å². The number of piperidine rings is 1. The third kappa shape index (κ3) is 5.93. The van der Waals surface area contributed by atoms with Gasteiger partial charge in [0.1, 0.15) is 0 Å². The summed E-state index contributed by atoms with van der Waals surface area (Å²) in [5.74, 6) is 0.491. The normalized spacial score (nSPS) is 16.8. The van der Waals surface area contributed by atoms with Crippen LogP contribution in [-0.4, -0.2) is 51.8 Å². The summed E-state index contributed by atoms with van der Waals surface area (Å²) in [5.41, 5.74) is 0.271. The monoisotopic (exact) mass is 409 g/mol. The number of aromatic nitrogens is 3. The fourth-order valence-electron chi connectivity index (χ4n) is 3.43. The quantitative estimate of drug-likeness (QED) is 0.585. The molecular formula is C19H26F3N7. The Morgan fingerprint density at radius 3 is 2.66 bits per heavy atom. The summed E-state index contributed by atoms with van der Waals surface area (Å²) in [6, 6.07) is 6.13. The van der Waals surface area contributed by atoms with Crippen LogP contribution in [0.4, 0.5) is 13.2 Å². The number of aryl methyl sites for hydroxylation is 1. The van der Waals surface area contributed by atoms with Crippen molar-refractivity contribution >= 4 is 5.96 Å². The summed E-state index contributed by atoms with van der Waals surface area (Å²) < 4.78 is 40.4. The van der Waals surface area contributed by atoms with E-state index in [1.165, 1.54) is 17.9 Å². The second kappa shape index (κ2) is 9.25. The molecule has 0 saturated carbocycles. The first-order valence-electron chi connectivity index (χ1n) is 9.54. The highest BCUT2D eigenvalue weighted by Gasteiger charge is 2.36. The summed E-state index contributed by atoms with van der Waals surface area (Å²) in [4.78, 5) is 10.9. The predicted octanol–water partition coefficient (Wildman–Crippen LogP) is 2.16. The Labute approximate surface area is 168 Å². The van der Waals surface area contributed by atoms with Gasteiger partial charge in [0.05, 0.1) is 5.69 Å². The zero-order chi connectivity index (χ0) is 20.9. The predicted molar refractivity (Wildman–Crippen MR) is 104 cm³/mol. The van der Waals surface area contributed by atoms with Crippen LogP contribution in [0.25, 0.3) is 0 Å². The molecule has 1 aliphatic heterocycles. The Kier molecular flexibility index (Phi) is 6.73. The minimum Gasteiger partial charge on any atom is -0.354 e. The van der Waals surface area contributed by atoms with Crippen LogP contribution in [0.3, 0.4) is 0 Å². The Morgan fingerprint density at radius 1 is 1.28 bits per heavy atom. The van der Waals surface area contributed by atoms with Crippen molar-refractivity contribution in [2.75, 3.05) is 20.1 Å². The summed E-state index contributed by atoms with van der Waals surface area (Å²) in [5, 5.41) is 9.81. The maximum Gasteiger partial charge on any atom is 0.435 e. The number of hydrogen-bond donors (Lipinski definition) is 2. The fraction of sp³-hybridized carbons (Fsp3) is 0.526. The highest BCUT2D eigenvalue weighted by Crippen LogP contribution is 2.30. The maximum absolute atomic E-state index is 13.1. The van der Waals surface area contributed by atoms with E-state index in [9.17, 15) is 13.2 Å². The van der Waals surface area contributed by atoms with Crippen LogP contribution in [-0.2, 0) is 26.3 Å². The minimum atomic E-state index is -4.48. The molecule has 0 bridgehead atoms. The molecule has 1 saturated heterocycles. The Bertz CT molecular complexity index is 809. The SMILES string of the molecule is CN=C(NCc1cn(C)nc1C(F)(F)F)NC1CCN(Cc2ccccn2)CC1. The molecule has 10 heteroatoms. The van der Waals surface area contributed by atoms with Gasteiger partial charge in [0, 0.05) is 64.3 Å². The van der Waals surface area contributed by atoms with Crippen LogP contribution in [0, 0.1) is 0 Å². The van der Waals surface area contributed by atoms with Crippen molar-refractivity contribution in [1.29, 1.82) is 0 Å². The van der Waals surface area contributed by atoms with Crippen LogP contribution in [0.15, 0.2) is 35.6 Å². The molecule has 29 heavy (non-hydrogen) atoms. The van der Waals surface area contributed by atoms with Gasteiger partial charge in [-0.25, -0.2) is 0 Å². The third-order valence-corrected chi connectivity index (χ3v) is 4.88. The molecule has 2 N–H and O–H groups in total. The van der Waals surface area contributed by atoms with Gasteiger partial charge in [0.2, 0.25) is 0 Å². The van der Waals surface area contributed by atoms with Gasteiger partial charge in [0.15, 0.2) is 11.7 Å². The highest BCUT2D eigenvalue weighted by molar-refractivity contribution is 5.80. The number of hydrogen-bond acceptors (Lipinski definition) is 4. The van der Waals surface area contributed by atoms with Crippen molar-refractivity contribution in [3.05, 3.63) is 47.5 Å². The number of rotatable bonds is 5. The number of aliphatic imine (C=N–C) groups is 1. The van der Waals surface area contributed by atoms with E-state index in [-0.39, 0.29) is 18.2 Å². The van der Waals surface area contributed by atoms with Crippen molar-refractivity contribution in [2.24, 2.45) is 12.0 Å². The Hall–Kier alpha value is -2.62. The largest absolute Gasteiger partial charge is 0.435 e. The molecule has 0 unspecified atom stereocenters. The zero-order valence-corrected chi connectivity index (χ0v) is 16.6. The van der Waals surface area contributed by atoms with Gasteiger partial charge < -0.3 is 10.6 Å². The molecule has 0 amide bonds. The second-order valence-corrected chi connectivity index (χ2v) is 7.12. The van der Waals surface area contributed by atoms with Gasteiger partial charge in [-0.05, 0) is 25.0 Å². The van der Waals surface area contributed by atoms with E-state index in [1.807, 2.05) is 18.2 Å². The number of likely N-dealkylation sites (tertiary alicyclic amines) is 1. The molecule has 3 heterocycles. The lowest BCUT2D eigenvalue weighted by molar-refractivity contribution is -0.142. The fourth-order valence-corrected chi connectivity index (χ4v) is 3.43. The van der Waals surface area contributed by atoms with Crippen LogP contribution >= 0.6 is 0 Å². The van der Waals surface area contributed by atoms with Crippen molar-refractivity contribution in [3.8, 4) is 0 Å². The summed E-state index contributed by atoms with van der Waals surface area (Å²) in [6.07, 6.45) is 0.545. The van der Waals surface area contributed by atoms with E-state index >= 15 is 0 Å². The average Bonchev–Trinajstić information content (AvgIpc) is 3.08. The lowest BCUT2D eigenvalue weighted by atomic mass is 10.0. The van der Waals surface area contributed by atoms with E-state index in [0.717, 1.165) is 38.2 Å². The second-order valence-electron chi connectivity index (χ2n) is 7.12. The van der Waals surface area contributed by atoms with Gasteiger partial charge >= 0.3 is 6.18 Å². The third-order valence-electron chi connectivity index (χ3n) is 4.88. The van der Waals surface area contributed by atoms with Crippen molar-refractivity contribution < 1.29 is 13.2 Å². The van der Waals surface area contributed by atoms with Crippen LogP contribution < -0.4 is 10.6 Å². The van der Waals surface area contributed by atoms with Crippen LogP contribution in [0.1, 0.15) is 29.8 Å². The van der Waals surface area contributed by atoms with E-state index < -0.39 is 11.9 Å². The van der Waals surface area contributed by atoms with Crippen LogP contribution in [0.2, 0.25) is 0 Å². The molecule has 2 aromatic rings. The molecule has 0 aromatic carbocycles. The summed E-state index contributed by atoms with van der Waals surface area (Å²) in [7, 11) is 3.09. The van der Waals surface area contributed by atoms with Crippen molar-refractivity contribution in [2.45, 2.75) is 38.1 Å². The first-order chi connectivity index (χ1) is 13.8.